The van der Waals surface area contributed by atoms with Crippen molar-refractivity contribution in [2.45, 2.75) is 45.8 Å². The summed E-state index contributed by atoms with van der Waals surface area (Å²) >= 11 is 0. The van der Waals surface area contributed by atoms with Crippen molar-refractivity contribution in [1.29, 1.82) is 0 Å². The monoisotopic (exact) mass is 247 g/mol. The maximum absolute atomic E-state index is 6.04. The van der Waals surface area contributed by atoms with Crippen LogP contribution < -0.4 is 10.8 Å². The average molecular weight is 247 g/mol. The van der Waals surface area contributed by atoms with Crippen molar-refractivity contribution < 1.29 is 9.31 Å². The van der Waals surface area contributed by atoms with Crippen molar-refractivity contribution in [3.8, 4) is 0 Å². The first-order valence-corrected chi connectivity index (χ1v) is 6.41. The number of hydrogen-bond acceptors (Lipinski definition) is 3. The first-order valence-electron chi connectivity index (χ1n) is 6.41. The molecule has 0 bridgehead atoms. The van der Waals surface area contributed by atoms with Crippen LogP contribution in [0, 0.1) is 6.92 Å². The van der Waals surface area contributed by atoms with Gasteiger partial charge in [0.05, 0.1) is 11.2 Å². The highest BCUT2D eigenvalue weighted by Crippen LogP contribution is 2.36. The van der Waals surface area contributed by atoms with Crippen LogP contribution in [0.25, 0.3) is 0 Å². The number of anilines is 1. The number of hydrogen-bond donors (Lipinski definition) is 1. The molecule has 1 N–H and O–H groups in total. The van der Waals surface area contributed by atoms with Crippen molar-refractivity contribution in [2.75, 3.05) is 12.4 Å². The quantitative estimate of drug-likeness (QED) is 0.813. The van der Waals surface area contributed by atoms with E-state index in [2.05, 4.69) is 58.1 Å². The van der Waals surface area contributed by atoms with Crippen LogP contribution in [0.2, 0.25) is 0 Å². The highest BCUT2D eigenvalue weighted by Gasteiger charge is 2.51. The van der Waals surface area contributed by atoms with E-state index in [0.29, 0.717) is 0 Å². The number of benzene rings is 1. The van der Waals surface area contributed by atoms with E-state index in [4.69, 9.17) is 9.31 Å². The fraction of sp³-hybridized carbons (Fsp3) is 0.571. The lowest BCUT2D eigenvalue weighted by Gasteiger charge is -2.32. The molecule has 0 aliphatic carbocycles. The molecule has 0 unspecified atom stereocenters. The second-order valence-corrected chi connectivity index (χ2v) is 5.91. The van der Waals surface area contributed by atoms with Crippen LogP contribution in [0.5, 0.6) is 0 Å². The van der Waals surface area contributed by atoms with Gasteiger partial charge in [-0.1, -0.05) is 12.1 Å². The predicted molar refractivity (Wildman–Crippen MR) is 76.4 cm³/mol. The van der Waals surface area contributed by atoms with E-state index in [1.54, 1.807) is 0 Å². The van der Waals surface area contributed by atoms with E-state index in [1.807, 2.05) is 7.05 Å². The van der Waals surface area contributed by atoms with Gasteiger partial charge < -0.3 is 14.6 Å². The fourth-order valence-electron chi connectivity index (χ4n) is 2.03. The number of aryl methyl sites for hydroxylation is 1. The van der Waals surface area contributed by atoms with Gasteiger partial charge in [-0.2, -0.15) is 0 Å². The molecule has 0 spiro atoms. The van der Waals surface area contributed by atoms with E-state index in [-0.39, 0.29) is 18.3 Å². The molecule has 1 aromatic rings. The van der Waals surface area contributed by atoms with E-state index < -0.39 is 0 Å². The molecular weight excluding hydrogens is 225 g/mol. The lowest BCUT2D eigenvalue weighted by Crippen LogP contribution is -2.41. The minimum atomic E-state index is -0.289. The summed E-state index contributed by atoms with van der Waals surface area (Å²) < 4.78 is 12.1. The third-order valence-corrected chi connectivity index (χ3v) is 4.06. The third kappa shape index (κ3) is 2.15. The zero-order valence-corrected chi connectivity index (χ0v) is 12.1. The summed E-state index contributed by atoms with van der Waals surface area (Å²) in [6, 6.07) is 6.25. The Morgan fingerprint density at radius 2 is 1.61 bits per heavy atom. The minimum Gasteiger partial charge on any atom is -0.399 e. The maximum atomic E-state index is 6.04. The third-order valence-electron chi connectivity index (χ3n) is 4.06. The average Bonchev–Trinajstić information content (AvgIpc) is 2.49. The van der Waals surface area contributed by atoms with Gasteiger partial charge in [-0.25, -0.2) is 0 Å². The summed E-state index contributed by atoms with van der Waals surface area (Å²) in [6.45, 7) is 10.4. The largest absolute Gasteiger partial charge is 0.494 e. The molecule has 0 radical (unpaired) electrons. The molecule has 98 valence electrons. The molecule has 1 aliphatic rings. The molecule has 1 heterocycles. The number of rotatable bonds is 2. The highest BCUT2D eigenvalue weighted by molar-refractivity contribution is 6.62. The Morgan fingerprint density at radius 1 is 1.06 bits per heavy atom. The fourth-order valence-corrected chi connectivity index (χ4v) is 2.03. The summed E-state index contributed by atoms with van der Waals surface area (Å²) in [4.78, 5) is 0. The van der Waals surface area contributed by atoms with E-state index in [0.717, 1.165) is 11.2 Å². The Morgan fingerprint density at radius 3 is 2.11 bits per heavy atom. The van der Waals surface area contributed by atoms with Crippen LogP contribution >= 0.6 is 0 Å². The normalized spacial score (nSPS) is 21.1. The van der Waals surface area contributed by atoms with Crippen molar-refractivity contribution in [1.82, 2.24) is 0 Å². The zero-order chi connectivity index (χ0) is 13.6. The van der Waals surface area contributed by atoms with Crippen LogP contribution in [0.3, 0.4) is 0 Å². The van der Waals surface area contributed by atoms with Gasteiger partial charge in [0.15, 0.2) is 0 Å². The van der Waals surface area contributed by atoms with E-state index in [9.17, 15) is 0 Å². The van der Waals surface area contributed by atoms with Gasteiger partial charge in [0.1, 0.15) is 0 Å². The first-order chi connectivity index (χ1) is 8.27. The smallest absolute Gasteiger partial charge is 0.399 e. The summed E-state index contributed by atoms with van der Waals surface area (Å²) in [5, 5.41) is 3.19. The molecule has 4 heteroatoms. The molecule has 3 nitrogen and oxygen atoms in total. The standard InChI is InChI=1S/C14H22BNO2/c1-10-7-8-11(9-12(10)16-6)15-17-13(2,3)14(4,5)18-15/h7-9,16H,1-6H3. The Hall–Kier alpha value is -0.995. The van der Waals surface area contributed by atoms with Crippen LogP contribution in [-0.4, -0.2) is 25.4 Å². The second-order valence-electron chi connectivity index (χ2n) is 5.91. The Kier molecular flexibility index (Phi) is 3.20. The second kappa shape index (κ2) is 4.28. The zero-order valence-electron chi connectivity index (χ0n) is 12.1. The molecule has 2 rings (SSSR count). The lowest BCUT2D eigenvalue weighted by atomic mass is 9.78. The van der Waals surface area contributed by atoms with Gasteiger partial charge in [0.25, 0.3) is 0 Å². The molecule has 1 aromatic carbocycles. The molecule has 1 fully saturated rings. The van der Waals surface area contributed by atoms with Gasteiger partial charge in [0, 0.05) is 12.7 Å². The van der Waals surface area contributed by atoms with Gasteiger partial charge in [0.2, 0.25) is 0 Å². The molecule has 1 saturated heterocycles. The Balaban J connectivity index is 2.30. The summed E-state index contributed by atoms with van der Waals surface area (Å²) in [5.41, 5.74) is 2.81. The summed E-state index contributed by atoms with van der Waals surface area (Å²) in [5.74, 6) is 0. The SMILES string of the molecule is CNc1cc(B2OC(C)(C)C(C)(C)O2)ccc1C. The van der Waals surface area contributed by atoms with E-state index >= 15 is 0 Å². The molecule has 0 saturated carbocycles. The van der Waals surface area contributed by atoms with Gasteiger partial charge in [-0.3, -0.25) is 0 Å². The Bertz CT molecular complexity index is 441. The van der Waals surface area contributed by atoms with E-state index in [1.165, 1.54) is 5.56 Å². The molecule has 0 atom stereocenters. The van der Waals surface area contributed by atoms with Crippen molar-refractivity contribution in [3.63, 3.8) is 0 Å². The van der Waals surface area contributed by atoms with Gasteiger partial charge in [-0.05, 0) is 51.7 Å². The van der Waals surface area contributed by atoms with Crippen LogP contribution in [0.15, 0.2) is 18.2 Å². The summed E-state index contributed by atoms with van der Waals surface area (Å²) in [7, 11) is 1.64. The first kappa shape index (κ1) is 13.4. The van der Waals surface area contributed by atoms with Gasteiger partial charge in [-0.15, -0.1) is 0 Å². The predicted octanol–water partition coefficient (Wildman–Crippen LogP) is 2.34. The van der Waals surface area contributed by atoms with Gasteiger partial charge >= 0.3 is 7.12 Å². The maximum Gasteiger partial charge on any atom is 0.494 e. The van der Waals surface area contributed by atoms with Crippen LogP contribution in [0.1, 0.15) is 33.3 Å². The number of nitrogens with one attached hydrogen (secondary N) is 1. The van der Waals surface area contributed by atoms with Crippen molar-refractivity contribution >= 4 is 18.3 Å². The lowest BCUT2D eigenvalue weighted by molar-refractivity contribution is 0.00578. The van der Waals surface area contributed by atoms with Crippen LogP contribution in [-0.2, 0) is 9.31 Å². The molecule has 18 heavy (non-hydrogen) atoms. The Labute approximate surface area is 110 Å². The molecular formula is C14H22BNO2. The molecule has 0 aromatic heterocycles. The molecule has 1 aliphatic heterocycles. The molecule has 0 amide bonds. The minimum absolute atomic E-state index is 0.289. The van der Waals surface area contributed by atoms with Crippen molar-refractivity contribution in [2.24, 2.45) is 0 Å². The van der Waals surface area contributed by atoms with Crippen molar-refractivity contribution in [3.05, 3.63) is 23.8 Å². The topological polar surface area (TPSA) is 30.5 Å². The summed E-state index contributed by atoms with van der Waals surface area (Å²) in [6.07, 6.45) is 0. The van der Waals surface area contributed by atoms with Crippen LogP contribution in [0.4, 0.5) is 5.69 Å². The highest BCUT2D eigenvalue weighted by atomic mass is 16.7.